The van der Waals surface area contributed by atoms with Gasteiger partial charge in [0.15, 0.2) is 0 Å². The monoisotopic (exact) mass is 486 g/mol. The molecule has 1 N–H and O–H groups in total. The number of hydrogen-bond acceptors (Lipinski definition) is 4. The molecule has 0 saturated carbocycles. The SMILES string of the molecule is COc1cc(C)c([C@@H](C)NC(=O)C2CCN(S(=O)(=O)Cc3ccccc3C)CC2)cc1C(C)C. The zero-order chi connectivity index (χ0) is 25.0. The van der Waals surface area contributed by atoms with Crippen LogP contribution >= 0.6 is 0 Å². The molecular weight excluding hydrogens is 448 g/mol. The van der Waals surface area contributed by atoms with Crippen molar-refractivity contribution in [3.05, 3.63) is 64.2 Å². The standard InChI is InChI=1S/C27H38N2O4S/c1-18(2)24-16-25(20(4)15-26(24)33-6)21(5)28-27(30)22-11-13-29(14-12-22)34(31,32)17-23-10-8-7-9-19(23)3/h7-10,15-16,18,21-22H,11-14,17H2,1-6H3,(H,28,30)/t21-/m1/s1. The van der Waals surface area contributed by atoms with E-state index in [2.05, 4.69) is 25.2 Å². The Hall–Kier alpha value is -2.38. The molecule has 2 aromatic carbocycles. The fourth-order valence-corrected chi connectivity index (χ4v) is 6.34. The van der Waals surface area contributed by atoms with Gasteiger partial charge in [-0.3, -0.25) is 4.79 Å². The molecule has 0 aromatic heterocycles. The molecule has 34 heavy (non-hydrogen) atoms. The third kappa shape index (κ3) is 5.99. The van der Waals surface area contributed by atoms with Crippen LogP contribution in [0.1, 0.15) is 73.4 Å². The number of nitrogens with one attached hydrogen (secondary N) is 1. The van der Waals surface area contributed by atoms with Gasteiger partial charge in [0.25, 0.3) is 0 Å². The lowest BCUT2D eigenvalue weighted by Gasteiger charge is -2.31. The van der Waals surface area contributed by atoms with E-state index >= 15 is 0 Å². The Kier molecular flexibility index (Phi) is 8.42. The predicted molar refractivity (Wildman–Crippen MR) is 136 cm³/mol. The van der Waals surface area contributed by atoms with Gasteiger partial charge in [0, 0.05) is 19.0 Å². The summed E-state index contributed by atoms with van der Waals surface area (Å²) in [6.07, 6.45) is 1.06. The summed E-state index contributed by atoms with van der Waals surface area (Å²) < 4.78 is 33.0. The van der Waals surface area contributed by atoms with Gasteiger partial charge in [0.05, 0.1) is 18.9 Å². The Balaban J connectivity index is 1.62. The van der Waals surface area contributed by atoms with E-state index in [0.29, 0.717) is 31.8 Å². The molecule has 0 bridgehead atoms. The molecule has 1 saturated heterocycles. The summed E-state index contributed by atoms with van der Waals surface area (Å²) in [5.74, 6) is 0.986. The number of carbonyl (C=O) groups excluding carboxylic acids is 1. The number of piperidine rings is 1. The fourth-order valence-electron chi connectivity index (χ4n) is 4.68. The van der Waals surface area contributed by atoms with E-state index in [0.717, 1.165) is 33.6 Å². The summed E-state index contributed by atoms with van der Waals surface area (Å²) in [4.78, 5) is 13.0. The summed E-state index contributed by atoms with van der Waals surface area (Å²) in [6, 6.07) is 11.6. The minimum Gasteiger partial charge on any atom is -0.496 e. The zero-order valence-electron chi connectivity index (χ0n) is 21.2. The lowest BCUT2D eigenvalue weighted by molar-refractivity contribution is -0.126. The smallest absolute Gasteiger partial charge is 0.223 e. The lowest BCUT2D eigenvalue weighted by atomic mass is 9.92. The Morgan fingerprint density at radius 2 is 1.71 bits per heavy atom. The molecule has 6 nitrogen and oxygen atoms in total. The summed E-state index contributed by atoms with van der Waals surface area (Å²) in [6.45, 7) is 11.0. The van der Waals surface area contributed by atoms with Gasteiger partial charge in [-0.1, -0.05) is 38.1 Å². The first-order valence-electron chi connectivity index (χ1n) is 12.0. The highest BCUT2D eigenvalue weighted by atomic mass is 32.2. The number of amides is 1. The van der Waals surface area contributed by atoms with E-state index < -0.39 is 10.0 Å². The summed E-state index contributed by atoms with van der Waals surface area (Å²) in [5.41, 5.74) is 5.08. The molecule has 0 aliphatic carbocycles. The molecule has 2 aromatic rings. The molecule has 0 radical (unpaired) electrons. The fraction of sp³-hybridized carbons (Fsp3) is 0.519. The number of ether oxygens (including phenoxy) is 1. The normalized spacial score (nSPS) is 16.4. The third-order valence-electron chi connectivity index (χ3n) is 6.88. The second-order valence-corrected chi connectivity index (χ2v) is 11.7. The second kappa shape index (κ2) is 10.9. The van der Waals surface area contributed by atoms with E-state index in [1.807, 2.05) is 51.1 Å². The third-order valence-corrected chi connectivity index (χ3v) is 8.71. The highest BCUT2D eigenvalue weighted by molar-refractivity contribution is 7.88. The predicted octanol–water partition coefficient (Wildman–Crippen LogP) is 4.85. The number of sulfonamides is 1. The minimum atomic E-state index is -3.41. The van der Waals surface area contributed by atoms with Gasteiger partial charge < -0.3 is 10.1 Å². The van der Waals surface area contributed by atoms with Crippen LogP contribution in [0.2, 0.25) is 0 Å². The molecule has 1 fully saturated rings. The van der Waals surface area contributed by atoms with Crippen LogP contribution in [0.15, 0.2) is 36.4 Å². The molecular formula is C27H38N2O4S. The molecule has 186 valence electrons. The van der Waals surface area contributed by atoms with Crippen LogP contribution in [0.5, 0.6) is 5.75 Å². The Morgan fingerprint density at radius 1 is 1.06 bits per heavy atom. The molecule has 1 heterocycles. The molecule has 3 rings (SSSR count). The number of nitrogens with zero attached hydrogens (tertiary/aromatic N) is 1. The first-order chi connectivity index (χ1) is 16.0. The van der Waals surface area contributed by atoms with E-state index in [1.54, 1.807) is 7.11 Å². The van der Waals surface area contributed by atoms with Crippen molar-refractivity contribution in [3.63, 3.8) is 0 Å². The maximum atomic E-state index is 13.0. The topological polar surface area (TPSA) is 75.7 Å². The highest BCUT2D eigenvalue weighted by Crippen LogP contribution is 2.32. The maximum absolute atomic E-state index is 13.0. The molecule has 0 spiro atoms. The van der Waals surface area contributed by atoms with Crippen LogP contribution in [-0.4, -0.2) is 38.8 Å². The minimum absolute atomic E-state index is 0.00248. The molecule has 1 aliphatic heterocycles. The average Bonchev–Trinajstić information content (AvgIpc) is 2.80. The first-order valence-corrected chi connectivity index (χ1v) is 13.7. The summed E-state index contributed by atoms with van der Waals surface area (Å²) >= 11 is 0. The van der Waals surface area contributed by atoms with Crippen LogP contribution in [0.3, 0.4) is 0 Å². The quantitative estimate of drug-likeness (QED) is 0.578. The highest BCUT2D eigenvalue weighted by Gasteiger charge is 2.32. The largest absolute Gasteiger partial charge is 0.496 e. The van der Waals surface area contributed by atoms with Crippen molar-refractivity contribution in [2.45, 2.75) is 65.2 Å². The van der Waals surface area contributed by atoms with E-state index in [9.17, 15) is 13.2 Å². The van der Waals surface area contributed by atoms with E-state index in [1.165, 1.54) is 4.31 Å². The van der Waals surface area contributed by atoms with E-state index in [4.69, 9.17) is 4.74 Å². The molecule has 1 amide bonds. The number of aryl methyl sites for hydroxylation is 2. The van der Waals surface area contributed by atoms with Gasteiger partial charge in [0.2, 0.25) is 15.9 Å². The molecule has 1 atom stereocenters. The van der Waals surface area contributed by atoms with Crippen molar-refractivity contribution < 1.29 is 17.9 Å². The number of rotatable bonds is 8. The molecule has 7 heteroatoms. The van der Waals surface area contributed by atoms with E-state index in [-0.39, 0.29) is 23.6 Å². The van der Waals surface area contributed by atoms with Gasteiger partial charge in [0.1, 0.15) is 5.75 Å². The van der Waals surface area contributed by atoms with Crippen molar-refractivity contribution in [1.29, 1.82) is 0 Å². The molecule has 0 unspecified atom stereocenters. The van der Waals surface area contributed by atoms with Crippen LogP contribution in [0, 0.1) is 19.8 Å². The van der Waals surface area contributed by atoms with Crippen molar-refractivity contribution in [2.24, 2.45) is 5.92 Å². The van der Waals surface area contributed by atoms with Gasteiger partial charge in [-0.25, -0.2) is 12.7 Å². The van der Waals surface area contributed by atoms with Crippen LogP contribution < -0.4 is 10.1 Å². The van der Waals surface area contributed by atoms with Gasteiger partial charge >= 0.3 is 0 Å². The van der Waals surface area contributed by atoms with Crippen molar-refractivity contribution in [3.8, 4) is 5.75 Å². The first kappa shape index (κ1) is 26.2. The van der Waals surface area contributed by atoms with Gasteiger partial charge in [-0.05, 0) is 79.5 Å². The van der Waals surface area contributed by atoms with Crippen LogP contribution in [0.25, 0.3) is 0 Å². The zero-order valence-corrected chi connectivity index (χ0v) is 22.0. The Labute approximate surface area is 204 Å². The van der Waals surface area contributed by atoms with Crippen LogP contribution in [-0.2, 0) is 20.6 Å². The van der Waals surface area contributed by atoms with Crippen LogP contribution in [0.4, 0.5) is 0 Å². The lowest BCUT2D eigenvalue weighted by Crippen LogP contribution is -2.43. The number of carbonyl (C=O) groups is 1. The van der Waals surface area contributed by atoms with Crippen molar-refractivity contribution in [1.82, 2.24) is 9.62 Å². The van der Waals surface area contributed by atoms with Crippen molar-refractivity contribution >= 4 is 15.9 Å². The summed E-state index contributed by atoms with van der Waals surface area (Å²) in [7, 11) is -1.73. The maximum Gasteiger partial charge on any atom is 0.223 e. The Morgan fingerprint density at radius 3 is 2.29 bits per heavy atom. The van der Waals surface area contributed by atoms with Gasteiger partial charge in [-0.15, -0.1) is 0 Å². The average molecular weight is 487 g/mol. The molecule has 1 aliphatic rings. The summed E-state index contributed by atoms with van der Waals surface area (Å²) in [5, 5.41) is 3.16. The van der Waals surface area contributed by atoms with Gasteiger partial charge in [-0.2, -0.15) is 0 Å². The number of benzene rings is 2. The second-order valence-electron chi connectivity index (χ2n) is 9.69. The van der Waals surface area contributed by atoms with Crippen molar-refractivity contribution in [2.75, 3.05) is 20.2 Å². The number of hydrogen-bond donors (Lipinski definition) is 1. The Bertz CT molecular complexity index is 1120. The number of methoxy groups -OCH3 is 1.